The number of aromatic nitrogens is 1. The molecule has 2 aliphatic rings. The van der Waals surface area contributed by atoms with Crippen molar-refractivity contribution >= 4 is 22.7 Å². The lowest BCUT2D eigenvalue weighted by Gasteiger charge is -2.34. The van der Waals surface area contributed by atoms with E-state index in [2.05, 4.69) is 24.1 Å². The lowest BCUT2D eigenvalue weighted by atomic mass is 10.0. The lowest BCUT2D eigenvalue weighted by Crippen LogP contribution is -2.51. The van der Waals surface area contributed by atoms with Gasteiger partial charge in [0.25, 0.3) is 5.91 Å². The second-order valence-electron chi connectivity index (χ2n) is 8.18. The molecule has 1 aliphatic heterocycles. The first-order valence-electron chi connectivity index (χ1n) is 10.2. The van der Waals surface area contributed by atoms with E-state index >= 15 is 0 Å². The van der Waals surface area contributed by atoms with Gasteiger partial charge in [0.1, 0.15) is 0 Å². The number of piperazine rings is 1. The second-order valence-corrected chi connectivity index (χ2v) is 8.18. The minimum Gasteiger partial charge on any atom is -0.352 e. The Morgan fingerprint density at radius 2 is 1.86 bits per heavy atom. The number of para-hydroxylation sites is 1. The Morgan fingerprint density at radius 3 is 2.54 bits per heavy atom. The van der Waals surface area contributed by atoms with E-state index in [0.29, 0.717) is 25.7 Å². The van der Waals surface area contributed by atoms with Crippen LogP contribution < -0.4 is 5.32 Å². The van der Waals surface area contributed by atoms with Gasteiger partial charge in [0.15, 0.2) is 0 Å². The van der Waals surface area contributed by atoms with E-state index < -0.39 is 0 Å². The molecule has 1 saturated heterocycles. The fourth-order valence-electron chi connectivity index (χ4n) is 3.65. The normalized spacial score (nSPS) is 17.9. The molecule has 6 nitrogen and oxygen atoms in total. The average molecular weight is 380 g/mol. The summed E-state index contributed by atoms with van der Waals surface area (Å²) in [4.78, 5) is 34.0. The van der Waals surface area contributed by atoms with Crippen molar-refractivity contribution in [1.29, 1.82) is 0 Å². The second kappa shape index (κ2) is 7.87. The molecular formula is C22H28N4O2. The summed E-state index contributed by atoms with van der Waals surface area (Å²) in [6.07, 6.45) is 2.21. The van der Waals surface area contributed by atoms with Crippen LogP contribution >= 0.6 is 0 Å². The maximum atomic E-state index is 13.3. The molecule has 1 aromatic carbocycles. The summed E-state index contributed by atoms with van der Waals surface area (Å²) >= 11 is 0. The monoisotopic (exact) mass is 380 g/mol. The van der Waals surface area contributed by atoms with Gasteiger partial charge < -0.3 is 10.2 Å². The molecule has 2 amide bonds. The van der Waals surface area contributed by atoms with Gasteiger partial charge in [-0.2, -0.15) is 0 Å². The molecule has 2 heterocycles. The van der Waals surface area contributed by atoms with Crippen molar-refractivity contribution in [2.24, 2.45) is 0 Å². The van der Waals surface area contributed by atoms with E-state index in [4.69, 9.17) is 4.98 Å². The molecule has 0 atom stereocenters. The number of carbonyl (C=O) groups excluding carboxylic acids is 2. The molecule has 0 spiro atoms. The van der Waals surface area contributed by atoms with E-state index in [-0.39, 0.29) is 17.7 Å². The van der Waals surface area contributed by atoms with Gasteiger partial charge in [0.2, 0.25) is 5.91 Å². The fourth-order valence-corrected chi connectivity index (χ4v) is 3.65. The highest BCUT2D eigenvalue weighted by atomic mass is 16.2. The van der Waals surface area contributed by atoms with Crippen LogP contribution in [0, 0.1) is 0 Å². The van der Waals surface area contributed by atoms with E-state index in [0.717, 1.165) is 48.1 Å². The zero-order valence-corrected chi connectivity index (χ0v) is 16.6. The van der Waals surface area contributed by atoms with Crippen LogP contribution in [0.25, 0.3) is 10.9 Å². The molecule has 0 radical (unpaired) electrons. The van der Waals surface area contributed by atoms with Gasteiger partial charge in [0.05, 0.1) is 17.6 Å². The highest BCUT2D eigenvalue weighted by Crippen LogP contribution is 2.24. The van der Waals surface area contributed by atoms with Crippen LogP contribution in [-0.4, -0.2) is 65.4 Å². The van der Waals surface area contributed by atoms with Gasteiger partial charge in [0, 0.05) is 43.3 Å². The minimum atomic E-state index is 0.0579. The third kappa shape index (κ3) is 4.17. The number of carbonyl (C=O) groups is 2. The lowest BCUT2D eigenvalue weighted by molar-refractivity contribution is -0.122. The molecule has 148 valence electrons. The zero-order chi connectivity index (χ0) is 19.7. The van der Waals surface area contributed by atoms with E-state index in [1.54, 1.807) is 0 Å². The van der Waals surface area contributed by atoms with Crippen LogP contribution in [-0.2, 0) is 4.79 Å². The molecule has 6 heteroatoms. The smallest absolute Gasteiger partial charge is 0.254 e. The maximum absolute atomic E-state index is 13.3. The summed E-state index contributed by atoms with van der Waals surface area (Å²) in [5.41, 5.74) is 2.54. The van der Waals surface area contributed by atoms with Crippen LogP contribution in [0.1, 0.15) is 48.7 Å². The van der Waals surface area contributed by atoms with Crippen molar-refractivity contribution < 1.29 is 9.59 Å². The first-order valence-corrected chi connectivity index (χ1v) is 10.2. The Hall–Kier alpha value is -2.47. The van der Waals surface area contributed by atoms with Crippen LogP contribution in [0.5, 0.6) is 0 Å². The number of rotatable bonds is 5. The Balaban J connectivity index is 1.45. The molecule has 2 aromatic rings. The Kier molecular flexibility index (Phi) is 5.31. The first-order chi connectivity index (χ1) is 13.5. The Morgan fingerprint density at radius 1 is 1.14 bits per heavy atom. The van der Waals surface area contributed by atoms with Crippen molar-refractivity contribution in [3.05, 3.63) is 41.6 Å². The molecule has 0 unspecified atom stereocenters. The van der Waals surface area contributed by atoms with Gasteiger partial charge in [-0.1, -0.05) is 32.0 Å². The number of amides is 2. The van der Waals surface area contributed by atoms with Gasteiger partial charge in [-0.05, 0) is 30.9 Å². The van der Waals surface area contributed by atoms with E-state index in [9.17, 15) is 9.59 Å². The molecule has 0 bridgehead atoms. The number of hydrogen-bond acceptors (Lipinski definition) is 4. The number of nitrogens with zero attached hydrogens (tertiary/aromatic N) is 3. The fraction of sp³-hybridized carbons (Fsp3) is 0.500. The summed E-state index contributed by atoms with van der Waals surface area (Å²) in [5.74, 6) is 0.421. The number of hydrogen-bond donors (Lipinski definition) is 1. The van der Waals surface area contributed by atoms with Crippen LogP contribution in [0.2, 0.25) is 0 Å². The number of pyridine rings is 1. The molecule has 1 aliphatic carbocycles. The number of fused-ring (bicyclic) bond motifs is 1. The largest absolute Gasteiger partial charge is 0.352 e. The quantitative estimate of drug-likeness (QED) is 0.865. The van der Waals surface area contributed by atoms with Crippen LogP contribution in [0.15, 0.2) is 30.3 Å². The van der Waals surface area contributed by atoms with Gasteiger partial charge in [-0.15, -0.1) is 0 Å². The third-order valence-electron chi connectivity index (χ3n) is 5.53. The zero-order valence-electron chi connectivity index (χ0n) is 16.6. The van der Waals surface area contributed by atoms with Crippen molar-refractivity contribution in [2.75, 3.05) is 32.7 Å². The summed E-state index contributed by atoms with van der Waals surface area (Å²) in [6, 6.07) is 10.2. The predicted molar refractivity (Wildman–Crippen MR) is 109 cm³/mol. The van der Waals surface area contributed by atoms with Crippen molar-refractivity contribution in [3.63, 3.8) is 0 Å². The topological polar surface area (TPSA) is 65.5 Å². The SMILES string of the molecule is CC(C)c1cc(C(=O)N2CCN(CC(=O)NC3CC3)CC2)c2ccccc2n1. The van der Waals surface area contributed by atoms with Gasteiger partial charge in [-0.25, -0.2) is 0 Å². The van der Waals surface area contributed by atoms with Crippen molar-refractivity contribution in [3.8, 4) is 0 Å². The molecule has 4 rings (SSSR count). The molecule has 1 saturated carbocycles. The van der Waals surface area contributed by atoms with Crippen molar-refractivity contribution in [2.45, 2.75) is 38.6 Å². The molecular weight excluding hydrogens is 352 g/mol. The van der Waals surface area contributed by atoms with Crippen molar-refractivity contribution in [1.82, 2.24) is 20.1 Å². The molecule has 2 fully saturated rings. The Bertz CT molecular complexity index is 883. The summed E-state index contributed by atoms with van der Waals surface area (Å²) in [6.45, 7) is 7.35. The minimum absolute atomic E-state index is 0.0579. The molecule has 28 heavy (non-hydrogen) atoms. The molecule has 1 aromatic heterocycles. The highest BCUT2D eigenvalue weighted by Gasteiger charge is 2.27. The Labute approximate surface area is 165 Å². The van der Waals surface area contributed by atoms with Gasteiger partial charge in [-0.3, -0.25) is 19.5 Å². The van der Waals surface area contributed by atoms with Crippen LogP contribution in [0.4, 0.5) is 0 Å². The summed E-state index contributed by atoms with van der Waals surface area (Å²) in [5, 5.41) is 3.94. The number of nitrogens with one attached hydrogen (secondary N) is 1. The third-order valence-corrected chi connectivity index (χ3v) is 5.53. The molecule has 1 N–H and O–H groups in total. The standard InChI is InChI=1S/C22H28N4O2/c1-15(2)20-13-18(17-5-3-4-6-19(17)24-20)22(28)26-11-9-25(10-12-26)14-21(27)23-16-7-8-16/h3-6,13,15-16H,7-12,14H2,1-2H3,(H,23,27). The number of benzene rings is 1. The van der Waals surface area contributed by atoms with E-state index in [1.165, 1.54) is 0 Å². The summed E-state index contributed by atoms with van der Waals surface area (Å²) < 4.78 is 0. The first kappa shape index (κ1) is 18.9. The van der Waals surface area contributed by atoms with E-state index in [1.807, 2.05) is 35.2 Å². The predicted octanol–water partition coefficient (Wildman–Crippen LogP) is 2.39. The summed E-state index contributed by atoms with van der Waals surface area (Å²) in [7, 11) is 0. The average Bonchev–Trinajstić information content (AvgIpc) is 3.51. The highest BCUT2D eigenvalue weighted by molar-refractivity contribution is 6.06. The maximum Gasteiger partial charge on any atom is 0.254 e. The van der Waals surface area contributed by atoms with Gasteiger partial charge >= 0.3 is 0 Å². The van der Waals surface area contributed by atoms with Crippen LogP contribution in [0.3, 0.4) is 0 Å².